The molecule has 2 rings (SSSR count). The van der Waals surface area contributed by atoms with E-state index in [4.69, 9.17) is 20.6 Å². The summed E-state index contributed by atoms with van der Waals surface area (Å²) in [6.45, 7) is 5.86. The van der Waals surface area contributed by atoms with Crippen molar-refractivity contribution in [1.82, 2.24) is 9.97 Å². The molecule has 2 aromatic rings. The highest BCUT2D eigenvalue weighted by Crippen LogP contribution is 2.16. The fourth-order valence-electron chi connectivity index (χ4n) is 2.23. The first-order valence-electron chi connectivity index (χ1n) is 7.91. The van der Waals surface area contributed by atoms with Gasteiger partial charge in [-0.3, -0.25) is 0 Å². The number of imidazole rings is 1. The number of nitrogens with one attached hydrogen (secondary N) is 1. The van der Waals surface area contributed by atoms with Gasteiger partial charge in [0.05, 0.1) is 34.4 Å². The Morgan fingerprint density at radius 1 is 1.15 bits per heavy atom. The molecule has 142 valence electrons. The number of benzene rings is 1. The van der Waals surface area contributed by atoms with Crippen LogP contribution in [0.5, 0.6) is 0 Å². The highest BCUT2D eigenvalue weighted by molar-refractivity contribution is 6.03. The van der Waals surface area contributed by atoms with E-state index in [9.17, 15) is 14.4 Å². The molecular weight excluding hydrogens is 354 g/mol. The lowest BCUT2D eigenvalue weighted by atomic mass is 10.0. The fourth-order valence-corrected chi connectivity index (χ4v) is 2.23. The second-order valence-corrected chi connectivity index (χ2v) is 5.57. The van der Waals surface area contributed by atoms with Gasteiger partial charge in [-0.2, -0.15) is 5.26 Å². The third kappa shape index (κ3) is 5.40. The van der Waals surface area contributed by atoms with Crippen LogP contribution in [-0.4, -0.2) is 43.2 Å². The van der Waals surface area contributed by atoms with Crippen LogP contribution in [0.4, 0.5) is 0 Å². The monoisotopic (exact) mass is 373 g/mol. The van der Waals surface area contributed by atoms with Crippen LogP contribution in [0, 0.1) is 18.3 Å². The first-order chi connectivity index (χ1) is 12.6. The molecule has 1 atom stereocenters. The van der Waals surface area contributed by atoms with Gasteiger partial charge < -0.3 is 20.3 Å². The van der Waals surface area contributed by atoms with E-state index in [1.54, 1.807) is 0 Å². The minimum atomic E-state index is -1.48. The van der Waals surface area contributed by atoms with Crippen molar-refractivity contribution in [2.24, 2.45) is 0 Å². The number of aromatic carboxylic acids is 3. The molecule has 0 radical (unpaired) electrons. The zero-order valence-corrected chi connectivity index (χ0v) is 15.0. The molecule has 9 heteroatoms. The summed E-state index contributed by atoms with van der Waals surface area (Å²) in [6.07, 6.45) is 0.888. The van der Waals surface area contributed by atoms with Gasteiger partial charge in [0.15, 0.2) is 0 Å². The Morgan fingerprint density at radius 2 is 1.74 bits per heavy atom. The van der Waals surface area contributed by atoms with Crippen molar-refractivity contribution in [2.75, 3.05) is 0 Å². The molecule has 4 N–H and O–H groups in total. The minimum absolute atomic E-state index is 0.110. The van der Waals surface area contributed by atoms with Crippen molar-refractivity contribution in [3.63, 3.8) is 0 Å². The molecule has 0 saturated heterocycles. The van der Waals surface area contributed by atoms with E-state index in [2.05, 4.69) is 16.0 Å². The summed E-state index contributed by atoms with van der Waals surface area (Å²) in [4.78, 5) is 39.2. The topological polar surface area (TPSA) is 164 Å². The number of H-pyrrole nitrogens is 1. The van der Waals surface area contributed by atoms with Gasteiger partial charge >= 0.3 is 17.9 Å². The summed E-state index contributed by atoms with van der Waals surface area (Å²) in [5, 5.41) is 34.6. The van der Waals surface area contributed by atoms with Gasteiger partial charge in [0.25, 0.3) is 0 Å². The smallest absolute Gasteiger partial charge is 0.336 e. The summed E-state index contributed by atoms with van der Waals surface area (Å²) in [6, 6.07) is 4.98. The van der Waals surface area contributed by atoms with Crippen molar-refractivity contribution in [1.29, 1.82) is 5.26 Å². The van der Waals surface area contributed by atoms with Crippen LogP contribution in [0.3, 0.4) is 0 Å². The average molecular weight is 373 g/mol. The van der Waals surface area contributed by atoms with Gasteiger partial charge in [0, 0.05) is 12.1 Å². The van der Waals surface area contributed by atoms with Gasteiger partial charge in [-0.25, -0.2) is 19.4 Å². The highest BCUT2D eigenvalue weighted by Gasteiger charge is 2.18. The van der Waals surface area contributed by atoms with Crippen molar-refractivity contribution in [2.45, 2.75) is 33.1 Å². The quantitative estimate of drug-likeness (QED) is 0.621. The summed E-state index contributed by atoms with van der Waals surface area (Å²) in [7, 11) is 0. The van der Waals surface area contributed by atoms with Crippen LogP contribution in [-0.2, 0) is 6.42 Å². The molecule has 1 aromatic heterocycles. The van der Waals surface area contributed by atoms with Crippen LogP contribution in [0.15, 0.2) is 18.2 Å². The van der Waals surface area contributed by atoms with E-state index >= 15 is 0 Å². The number of aromatic nitrogens is 2. The van der Waals surface area contributed by atoms with Gasteiger partial charge in [-0.15, -0.1) is 0 Å². The maximum absolute atomic E-state index is 10.6. The fraction of sp³-hybridized carbons (Fsp3) is 0.278. The first kappa shape index (κ1) is 21.4. The molecule has 0 saturated carbocycles. The molecule has 0 aliphatic rings. The number of hydrogen-bond acceptors (Lipinski definition) is 5. The van der Waals surface area contributed by atoms with Gasteiger partial charge in [0.2, 0.25) is 0 Å². The third-order valence-electron chi connectivity index (χ3n) is 3.64. The van der Waals surface area contributed by atoms with Crippen molar-refractivity contribution in [3.8, 4) is 6.07 Å². The zero-order chi connectivity index (χ0) is 20.7. The van der Waals surface area contributed by atoms with E-state index in [1.807, 2.05) is 20.8 Å². The molecule has 0 aliphatic heterocycles. The lowest BCUT2D eigenvalue weighted by molar-refractivity contribution is 0.0649. The van der Waals surface area contributed by atoms with E-state index in [0.717, 1.165) is 41.8 Å². The molecule has 0 spiro atoms. The predicted octanol–water partition coefficient (Wildman–Crippen LogP) is 2.69. The lowest BCUT2D eigenvalue weighted by Gasteiger charge is -2.02. The Kier molecular flexibility index (Phi) is 7.24. The molecule has 9 nitrogen and oxygen atoms in total. The van der Waals surface area contributed by atoms with Crippen molar-refractivity contribution < 1.29 is 29.7 Å². The molecule has 27 heavy (non-hydrogen) atoms. The summed E-state index contributed by atoms with van der Waals surface area (Å²) in [5.74, 6) is -3.35. The molecule has 1 unspecified atom stereocenters. The highest BCUT2D eigenvalue weighted by atomic mass is 16.4. The maximum atomic E-state index is 10.6. The number of carboxylic acid groups (broad SMARTS) is 3. The number of aryl methyl sites for hydroxylation is 2. The van der Waals surface area contributed by atoms with Crippen LogP contribution < -0.4 is 0 Å². The maximum Gasteiger partial charge on any atom is 0.336 e. The second kappa shape index (κ2) is 9.15. The van der Waals surface area contributed by atoms with Crippen LogP contribution in [0.1, 0.15) is 68.1 Å². The van der Waals surface area contributed by atoms with Gasteiger partial charge in [0.1, 0.15) is 5.82 Å². The summed E-state index contributed by atoms with van der Waals surface area (Å²) in [5.41, 5.74) is 0.655. The molecule has 0 bridgehead atoms. The minimum Gasteiger partial charge on any atom is -0.478 e. The number of nitriles is 1. The Bertz CT molecular complexity index is 910. The number of aromatic amines is 1. The second-order valence-electron chi connectivity index (χ2n) is 5.57. The van der Waals surface area contributed by atoms with E-state index in [0.29, 0.717) is 0 Å². The number of carbonyl (C=O) groups is 3. The SMILES string of the molecule is CCc1nc(C(C)C#N)c(C)[nH]1.O=C(O)c1ccc(C(=O)O)c(C(=O)O)c1. The van der Waals surface area contributed by atoms with E-state index < -0.39 is 29.0 Å². The molecular formula is C18H19N3O6. The third-order valence-corrected chi connectivity index (χ3v) is 3.64. The van der Waals surface area contributed by atoms with Crippen molar-refractivity contribution >= 4 is 17.9 Å². The standard InChI is InChI=1S/C9H13N3.C9H6O6/c1-4-8-11-7(3)9(12-8)6(2)5-10;10-7(11)4-1-2-5(8(12)13)6(3-4)9(14)15/h6H,4H2,1-3H3,(H,11,12);1-3H,(H,10,11)(H,12,13)(H,14,15). The molecule has 0 amide bonds. The normalized spacial score (nSPS) is 10.9. The number of carboxylic acids is 3. The Hall–Kier alpha value is -3.67. The average Bonchev–Trinajstić information content (AvgIpc) is 3.01. The van der Waals surface area contributed by atoms with Crippen molar-refractivity contribution in [3.05, 3.63) is 52.1 Å². The lowest BCUT2D eigenvalue weighted by Crippen LogP contribution is -2.10. The Labute approximate surface area is 154 Å². The van der Waals surface area contributed by atoms with Crippen LogP contribution >= 0.6 is 0 Å². The molecule has 0 aliphatic carbocycles. The summed E-state index contributed by atoms with van der Waals surface area (Å²) >= 11 is 0. The number of rotatable bonds is 5. The Balaban J connectivity index is 0.000000277. The molecule has 0 fully saturated rings. The number of hydrogen-bond donors (Lipinski definition) is 4. The summed E-state index contributed by atoms with van der Waals surface area (Å²) < 4.78 is 0. The first-order valence-corrected chi connectivity index (χ1v) is 7.91. The Morgan fingerprint density at radius 3 is 2.15 bits per heavy atom. The van der Waals surface area contributed by atoms with Crippen LogP contribution in [0.25, 0.3) is 0 Å². The molecule has 1 heterocycles. The largest absolute Gasteiger partial charge is 0.478 e. The van der Waals surface area contributed by atoms with E-state index in [1.165, 1.54) is 0 Å². The van der Waals surface area contributed by atoms with Gasteiger partial charge in [-0.05, 0) is 32.0 Å². The zero-order valence-electron chi connectivity index (χ0n) is 15.0. The number of nitrogens with zero attached hydrogens (tertiary/aromatic N) is 2. The molecule has 1 aromatic carbocycles. The van der Waals surface area contributed by atoms with E-state index in [-0.39, 0.29) is 11.5 Å². The van der Waals surface area contributed by atoms with Gasteiger partial charge in [-0.1, -0.05) is 6.92 Å². The predicted molar refractivity (Wildman–Crippen MR) is 94.1 cm³/mol. The van der Waals surface area contributed by atoms with Crippen LogP contribution in [0.2, 0.25) is 0 Å².